The van der Waals surface area contributed by atoms with Crippen molar-refractivity contribution in [3.63, 3.8) is 0 Å². The van der Waals surface area contributed by atoms with Gasteiger partial charge in [0, 0.05) is 18.4 Å². The van der Waals surface area contributed by atoms with E-state index in [1.807, 2.05) is 13.1 Å². The molecule has 0 saturated heterocycles. The first-order valence-electron chi connectivity index (χ1n) is 6.43. The maximum Gasteiger partial charge on any atom is 0.228 e. The fourth-order valence-corrected chi connectivity index (χ4v) is 2.42. The third kappa shape index (κ3) is 2.45. The van der Waals surface area contributed by atoms with Gasteiger partial charge in [0.1, 0.15) is 0 Å². The van der Waals surface area contributed by atoms with E-state index in [0.29, 0.717) is 6.42 Å². The Morgan fingerprint density at radius 1 is 1.11 bits per heavy atom. The minimum absolute atomic E-state index is 0.0884. The normalized spacial score (nSPS) is 13.0. The highest BCUT2D eigenvalue weighted by atomic mass is 16.1. The van der Waals surface area contributed by atoms with Gasteiger partial charge < -0.3 is 10.6 Å². The van der Waals surface area contributed by atoms with Crippen molar-refractivity contribution in [1.82, 2.24) is 0 Å². The molecular weight excluding hydrogens is 236 g/mol. The molecule has 0 radical (unpaired) electrons. The van der Waals surface area contributed by atoms with Crippen LogP contribution >= 0.6 is 0 Å². The van der Waals surface area contributed by atoms with Crippen LogP contribution in [0.2, 0.25) is 0 Å². The summed E-state index contributed by atoms with van der Waals surface area (Å²) in [5.41, 5.74) is 5.70. The van der Waals surface area contributed by atoms with Gasteiger partial charge in [-0.1, -0.05) is 24.3 Å². The van der Waals surface area contributed by atoms with E-state index in [0.717, 1.165) is 23.4 Å². The summed E-state index contributed by atoms with van der Waals surface area (Å²) in [6.45, 7) is 0. The maximum absolute atomic E-state index is 11.3. The van der Waals surface area contributed by atoms with E-state index >= 15 is 0 Å². The van der Waals surface area contributed by atoms with Crippen molar-refractivity contribution in [2.24, 2.45) is 0 Å². The first-order chi connectivity index (χ1) is 9.24. The second-order valence-electron chi connectivity index (χ2n) is 4.84. The van der Waals surface area contributed by atoms with Gasteiger partial charge in [-0.2, -0.15) is 0 Å². The number of hydrogen-bond donors (Lipinski definition) is 2. The molecule has 96 valence electrons. The van der Waals surface area contributed by atoms with Gasteiger partial charge in [-0.05, 0) is 41.3 Å². The van der Waals surface area contributed by atoms with E-state index in [4.69, 9.17) is 0 Å². The maximum atomic E-state index is 11.3. The molecule has 0 spiro atoms. The topological polar surface area (TPSA) is 41.1 Å². The molecule has 1 aliphatic heterocycles. The number of nitrogens with one attached hydrogen (secondary N) is 2. The van der Waals surface area contributed by atoms with Gasteiger partial charge in [-0.3, -0.25) is 4.79 Å². The van der Waals surface area contributed by atoms with Crippen molar-refractivity contribution in [1.29, 1.82) is 0 Å². The molecule has 2 aromatic rings. The molecule has 3 nitrogen and oxygen atoms in total. The molecule has 3 heteroatoms. The lowest BCUT2D eigenvalue weighted by Gasteiger charge is -2.06. The molecule has 0 bridgehead atoms. The van der Waals surface area contributed by atoms with E-state index < -0.39 is 0 Å². The number of anilines is 2. The molecule has 0 saturated carbocycles. The number of amides is 1. The molecule has 3 rings (SSSR count). The van der Waals surface area contributed by atoms with Crippen molar-refractivity contribution >= 4 is 17.3 Å². The predicted octanol–water partition coefficient (Wildman–Crippen LogP) is 2.81. The zero-order valence-corrected chi connectivity index (χ0v) is 10.9. The summed E-state index contributed by atoms with van der Waals surface area (Å²) in [5, 5.41) is 5.97. The molecule has 2 N–H and O–H groups in total. The number of fused-ring (bicyclic) bond motifs is 1. The van der Waals surface area contributed by atoms with E-state index in [-0.39, 0.29) is 5.91 Å². The number of carbonyl (C=O) groups is 1. The summed E-state index contributed by atoms with van der Waals surface area (Å²) < 4.78 is 0. The lowest BCUT2D eigenvalue weighted by Crippen LogP contribution is -2.03. The summed E-state index contributed by atoms with van der Waals surface area (Å²) in [6, 6.07) is 14.6. The summed E-state index contributed by atoms with van der Waals surface area (Å²) in [7, 11) is 1.92. The molecule has 0 unspecified atom stereocenters. The first kappa shape index (κ1) is 11.8. The standard InChI is InChI=1S/C16H16N2O/c1-17-14-5-2-11(3-6-14)8-12-4-7-15-13(9-12)10-16(19)18-15/h2-7,9,17H,8,10H2,1H3,(H,18,19). The molecule has 0 atom stereocenters. The van der Waals surface area contributed by atoms with Gasteiger partial charge in [-0.15, -0.1) is 0 Å². The summed E-state index contributed by atoms with van der Waals surface area (Å²) in [6.07, 6.45) is 1.40. The monoisotopic (exact) mass is 252 g/mol. The van der Waals surface area contributed by atoms with Gasteiger partial charge in [0.25, 0.3) is 0 Å². The fraction of sp³-hybridized carbons (Fsp3) is 0.188. The lowest BCUT2D eigenvalue weighted by molar-refractivity contribution is -0.115. The minimum Gasteiger partial charge on any atom is -0.388 e. The summed E-state index contributed by atoms with van der Waals surface area (Å²) >= 11 is 0. The zero-order chi connectivity index (χ0) is 13.2. The van der Waals surface area contributed by atoms with Crippen LogP contribution in [0.1, 0.15) is 16.7 Å². The summed E-state index contributed by atoms with van der Waals surface area (Å²) in [4.78, 5) is 11.3. The first-order valence-corrected chi connectivity index (χ1v) is 6.43. The molecule has 1 aliphatic rings. The Hall–Kier alpha value is -2.29. The molecule has 0 aromatic heterocycles. The van der Waals surface area contributed by atoms with Crippen LogP contribution in [-0.2, 0) is 17.6 Å². The van der Waals surface area contributed by atoms with Gasteiger partial charge in [0.05, 0.1) is 6.42 Å². The van der Waals surface area contributed by atoms with Crippen LogP contribution in [0.4, 0.5) is 11.4 Å². The van der Waals surface area contributed by atoms with Crippen molar-refractivity contribution in [2.45, 2.75) is 12.8 Å². The molecule has 1 amide bonds. The van der Waals surface area contributed by atoms with Crippen molar-refractivity contribution in [2.75, 3.05) is 17.7 Å². The molecule has 2 aromatic carbocycles. The van der Waals surface area contributed by atoms with Crippen LogP contribution in [0, 0.1) is 0 Å². The number of carbonyl (C=O) groups excluding carboxylic acids is 1. The molecule has 19 heavy (non-hydrogen) atoms. The van der Waals surface area contributed by atoms with Crippen LogP contribution in [-0.4, -0.2) is 13.0 Å². The zero-order valence-electron chi connectivity index (χ0n) is 10.9. The Morgan fingerprint density at radius 3 is 2.58 bits per heavy atom. The average Bonchev–Trinajstić information content (AvgIpc) is 2.79. The molecule has 0 aliphatic carbocycles. The Bertz CT molecular complexity index is 617. The highest BCUT2D eigenvalue weighted by Gasteiger charge is 2.17. The van der Waals surface area contributed by atoms with Gasteiger partial charge in [0.15, 0.2) is 0 Å². The summed E-state index contributed by atoms with van der Waals surface area (Å²) in [5.74, 6) is 0.0884. The third-order valence-corrected chi connectivity index (χ3v) is 3.45. The van der Waals surface area contributed by atoms with Crippen LogP contribution in [0.25, 0.3) is 0 Å². The second-order valence-corrected chi connectivity index (χ2v) is 4.84. The number of hydrogen-bond acceptors (Lipinski definition) is 2. The molecule has 0 fully saturated rings. The van der Waals surface area contributed by atoms with Crippen molar-refractivity contribution < 1.29 is 4.79 Å². The van der Waals surface area contributed by atoms with Crippen molar-refractivity contribution in [3.8, 4) is 0 Å². The lowest BCUT2D eigenvalue weighted by atomic mass is 10.0. The predicted molar refractivity (Wildman–Crippen MR) is 77.6 cm³/mol. The smallest absolute Gasteiger partial charge is 0.228 e. The van der Waals surface area contributed by atoms with Crippen LogP contribution in [0.3, 0.4) is 0 Å². The van der Waals surface area contributed by atoms with Gasteiger partial charge >= 0.3 is 0 Å². The van der Waals surface area contributed by atoms with Gasteiger partial charge in [-0.25, -0.2) is 0 Å². The van der Waals surface area contributed by atoms with Crippen LogP contribution < -0.4 is 10.6 Å². The Balaban J connectivity index is 1.80. The van der Waals surface area contributed by atoms with E-state index in [2.05, 4.69) is 47.0 Å². The highest BCUT2D eigenvalue weighted by Crippen LogP contribution is 2.25. The Labute approximate surface area is 112 Å². The average molecular weight is 252 g/mol. The van der Waals surface area contributed by atoms with E-state index in [1.54, 1.807) is 0 Å². The fourth-order valence-electron chi connectivity index (χ4n) is 2.42. The number of benzene rings is 2. The quantitative estimate of drug-likeness (QED) is 0.882. The molecular formula is C16H16N2O. The van der Waals surface area contributed by atoms with Gasteiger partial charge in [0.2, 0.25) is 5.91 Å². The number of rotatable bonds is 3. The van der Waals surface area contributed by atoms with E-state index in [9.17, 15) is 4.79 Å². The Morgan fingerprint density at radius 2 is 1.84 bits per heavy atom. The largest absolute Gasteiger partial charge is 0.388 e. The van der Waals surface area contributed by atoms with E-state index in [1.165, 1.54) is 11.1 Å². The van der Waals surface area contributed by atoms with Crippen LogP contribution in [0.5, 0.6) is 0 Å². The van der Waals surface area contributed by atoms with Crippen LogP contribution in [0.15, 0.2) is 42.5 Å². The SMILES string of the molecule is CNc1ccc(Cc2ccc3c(c2)CC(=O)N3)cc1. The molecule has 1 heterocycles. The van der Waals surface area contributed by atoms with Crippen molar-refractivity contribution in [3.05, 3.63) is 59.2 Å². The Kier molecular flexibility index (Phi) is 2.95. The highest BCUT2D eigenvalue weighted by molar-refractivity contribution is 5.99. The second kappa shape index (κ2) is 4.76. The third-order valence-electron chi connectivity index (χ3n) is 3.45. The minimum atomic E-state index is 0.0884.